The first-order valence-corrected chi connectivity index (χ1v) is 7.48. The Labute approximate surface area is 141 Å². The van der Waals surface area contributed by atoms with E-state index in [1.807, 2.05) is 6.07 Å². The monoisotopic (exact) mass is 337 g/mol. The summed E-state index contributed by atoms with van der Waals surface area (Å²) in [5, 5.41) is 23.8. The van der Waals surface area contributed by atoms with Crippen LogP contribution >= 0.6 is 0 Å². The molecule has 124 valence electrons. The minimum absolute atomic E-state index is 0.0456. The highest BCUT2D eigenvalue weighted by Gasteiger charge is 2.44. The molecule has 0 aliphatic carbocycles. The van der Waals surface area contributed by atoms with Crippen LogP contribution in [0.25, 0.3) is 5.57 Å². The minimum atomic E-state index is -0.909. The third kappa shape index (κ3) is 2.35. The number of benzene rings is 2. The number of H-pyrrole nitrogens is 1. The number of aliphatic hydroxyl groups is 1. The first-order valence-electron chi connectivity index (χ1n) is 7.48. The second-order valence-corrected chi connectivity index (χ2v) is 5.44. The number of carbonyl (C=O) groups is 1. The molecule has 4 rings (SSSR count). The fourth-order valence-electron chi connectivity index (χ4n) is 2.97. The average Bonchev–Trinajstić information content (AvgIpc) is 3.24. The van der Waals surface area contributed by atoms with Crippen molar-refractivity contribution in [2.24, 2.45) is 0 Å². The number of aliphatic hydroxyl groups excluding tert-OH is 1. The molecule has 0 unspecified atom stereocenters. The number of amides is 1. The Morgan fingerprint density at radius 2 is 1.80 bits per heavy atom. The smallest absolute Gasteiger partial charge is 0.296 e. The summed E-state index contributed by atoms with van der Waals surface area (Å²) < 4.78 is 14.5. The number of nitrogens with zero attached hydrogens (tertiary/aromatic N) is 4. The van der Waals surface area contributed by atoms with Crippen molar-refractivity contribution in [3.8, 4) is 0 Å². The van der Waals surface area contributed by atoms with Crippen LogP contribution in [0.1, 0.15) is 17.2 Å². The van der Waals surface area contributed by atoms with Gasteiger partial charge in [0.25, 0.3) is 11.9 Å². The number of nitrogens with one attached hydrogen (secondary N) is 1. The summed E-state index contributed by atoms with van der Waals surface area (Å²) in [7, 11) is 0. The number of hydrogen-bond acceptors (Lipinski definition) is 5. The Morgan fingerprint density at radius 1 is 1.08 bits per heavy atom. The number of rotatable bonds is 3. The van der Waals surface area contributed by atoms with Crippen LogP contribution in [0.15, 0.2) is 60.4 Å². The van der Waals surface area contributed by atoms with E-state index in [4.69, 9.17) is 0 Å². The van der Waals surface area contributed by atoms with E-state index in [0.29, 0.717) is 11.1 Å². The molecule has 0 bridgehead atoms. The lowest BCUT2D eigenvalue weighted by Crippen LogP contribution is -2.31. The zero-order valence-corrected chi connectivity index (χ0v) is 12.8. The number of halogens is 1. The third-order valence-corrected chi connectivity index (χ3v) is 4.04. The second-order valence-electron chi connectivity index (χ2n) is 5.44. The molecule has 0 spiro atoms. The van der Waals surface area contributed by atoms with Crippen molar-refractivity contribution in [3.63, 3.8) is 0 Å². The van der Waals surface area contributed by atoms with Gasteiger partial charge in [0.15, 0.2) is 5.76 Å². The lowest BCUT2D eigenvalue weighted by Gasteiger charge is -2.24. The van der Waals surface area contributed by atoms with Crippen LogP contribution < -0.4 is 4.90 Å². The highest BCUT2D eigenvalue weighted by atomic mass is 19.1. The molecular formula is C17H12FN5O2. The van der Waals surface area contributed by atoms with Gasteiger partial charge in [-0.05, 0) is 16.8 Å². The van der Waals surface area contributed by atoms with Gasteiger partial charge in [-0.2, -0.15) is 5.21 Å². The molecule has 1 aliphatic rings. The number of tetrazole rings is 1. The molecule has 1 atom stereocenters. The van der Waals surface area contributed by atoms with E-state index < -0.39 is 23.5 Å². The first-order chi connectivity index (χ1) is 12.2. The molecule has 0 fully saturated rings. The van der Waals surface area contributed by atoms with Gasteiger partial charge in [0, 0.05) is 11.1 Å². The summed E-state index contributed by atoms with van der Waals surface area (Å²) in [5.74, 6) is -1.73. The molecule has 1 aliphatic heterocycles. The van der Waals surface area contributed by atoms with Crippen LogP contribution in [0.5, 0.6) is 0 Å². The molecule has 3 aromatic rings. The normalized spacial score (nSPS) is 17.4. The molecule has 0 saturated carbocycles. The van der Waals surface area contributed by atoms with Gasteiger partial charge >= 0.3 is 0 Å². The van der Waals surface area contributed by atoms with Gasteiger partial charge in [0.05, 0.1) is 6.04 Å². The summed E-state index contributed by atoms with van der Waals surface area (Å²) in [6.45, 7) is 0. The zero-order valence-electron chi connectivity index (χ0n) is 12.8. The topological polar surface area (TPSA) is 95.0 Å². The van der Waals surface area contributed by atoms with E-state index in [0.717, 1.165) is 4.90 Å². The van der Waals surface area contributed by atoms with Crippen molar-refractivity contribution in [3.05, 3.63) is 77.3 Å². The van der Waals surface area contributed by atoms with E-state index in [2.05, 4.69) is 20.6 Å². The van der Waals surface area contributed by atoms with E-state index in [-0.39, 0.29) is 11.5 Å². The number of aromatic nitrogens is 4. The predicted octanol–water partition coefficient (Wildman–Crippen LogP) is 2.40. The van der Waals surface area contributed by atoms with Crippen LogP contribution in [-0.2, 0) is 4.79 Å². The fourth-order valence-corrected chi connectivity index (χ4v) is 2.97. The lowest BCUT2D eigenvalue weighted by molar-refractivity contribution is -0.117. The molecule has 1 amide bonds. The van der Waals surface area contributed by atoms with Gasteiger partial charge in [-0.25, -0.2) is 4.39 Å². The van der Waals surface area contributed by atoms with Gasteiger partial charge in [-0.3, -0.25) is 9.69 Å². The molecule has 7 nitrogen and oxygen atoms in total. The quantitative estimate of drug-likeness (QED) is 0.765. The van der Waals surface area contributed by atoms with E-state index in [1.165, 1.54) is 6.07 Å². The van der Waals surface area contributed by atoms with Crippen LogP contribution in [0, 0.1) is 5.82 Å². The van der Waals surface area contributed by atoms with Gasteiger partial charge < -0.3 is 5.11 Å². The number of hydrogen-bond donors (Lipinski definition) is 2. The van der Waals surface area contributed by atoms with Gasteiger partial charge in [0.2, 0.25) is 0 Å². The number of aromatic amines is 1. The molecule has 2 aromatic carbocycles. The summed E-state index contributed by atoms with van der Waals surface area (Å²) in [6.07, 6.45) is 0. The molecule has 0 saturated heterocycles. The third-order valence-electron chi connectivity index (χ3n) is 4.04. The largest absolute Gasteiger partial charge is 0.503 e. The Morgan fingerprint density at radius 3 is 2.48 bits per heavy atom. The van der Waals surface area contributed by atoms with Gasteiger partial charge in [0.1, 0.15) is 5.82 Å². The van der Waals surface area contributed by atoms with Crippen molar-refractivity contribution in [2.45, 2.75) is 6.04 Å². The van der Waals surface area contributed by atoms with Crippen LogP contribution in [-0.4, -0.2) is 31.6 Å². The summed E-state index contributed by atoms with van der Waals surface area (Å²) in [4.78, 5) is 13.8. The molecule has 25 heavy (non-hydrogen) atoms. The predicted molar refractivity (Wildman–Crippen MR) is 86.8 cm³/mol. The highest BCUT2D eigenvalue weighted by Crippen LogP contribution is 2.44. The Kier molecular flexibility index (Phi) is 3.50. The lowest BCUT2D eigenvalue weighted by atomic mass is 9.93. The molecule has 0 radical (unpaired) electrons. The number of carbonyl (C=O) groups excluding carboxylic acids is 1. The maximum absolute atomic E-state index is 14.5. The standard InChI is InChI=1S/C17H12FN5O2/c18-12-9-5-4-8-11(12)14-13(10-6-2-1-3-7-10)15(24)16(25)23(14)17-19-21-22-20-17/h1-9,14,24H,(H,19,20,21,22)/t14-/m0/s1. The molecule has 2 N–H and O–H groups in total. The van der Waals surface area contributed by atoms with Gasteiger partial charge in [-0.1, -0.05) is 53.6 Å². The maximum atomic E-state index is 14.5. The summed E-state index contributed by atoms with van der Waals surface area (Å²) >= 11 is 0. The van der Waals surface area contributed by atoms with Crippen LogP contribution in [0.4, 0.5) is 10.3 Å². The summed E-state index contributed by atoms with van der Waals surface area (Å²) in [6, 6.07) is 14.0. The van der Waals surface area contributed by atoms with Crippen molar-refractivity contribution in [1.29, 1.82) is 0 Å². The maximum Gasteiger partial charge on any atom is 0.296 e. The zero-order chi connectivity index (χ0) is 17.4. The fraction of sp³-hybridized carbons (Fsp3) is 0.0588. The van der Waals surface area contributed by atoms with E-state index >= 15 is 0 Å². The first kappa shape index (κ1) is 15.0. The molecule has 1 aromatic heterocycles. The Hall–Kier alpha value is -3.55. The SMILES string of the molecule is O=C1C(O)=C(c2ccccc2)[C@H](c2ccccc2F)N1c1nn[nH]n1. The van der Waals surface area contributed by atoms with Crippen molar-refractivity contribution >= 4 is 17.4 Å². The molecule has 8 heteroatoms. The summed E-state index contributed by atoms with van der Waals surface area (Å²) in [5.41, 5.74) is 1.12. The van der Waals surface area contributed by atoms with Crippen LogP contribution in [0.3, 0.4) is 0 Å². The minimum Gasteiger partial charge on any atom is -0.503 e. The van der Waals surface area contributed by atoms with Crippen molar-refractivity contribution < 1.29 is 14.3 Å². The highest BCUT2D eigenvalue weighted by molar-refractivity contribution is 6.15. The van der Waals surface area contributed by atoms with E-state index in [9.17, 15) is 14.3 Å². The number of anilines is 1. The second kappa shape index (κ2) is 5.82. The van der Waals surface area contributed by atoms with Gasteiger partial charge in [-0.15, -0.1) is 5.10 Å². The van der Waals surface area contributed by atoms with Crippen molar-refractivity contribution in [1.82, 2.24) is 20.6 Å². The van der Waals surface area contributed by atoms with Crippen molar-refractivity contribution in [2.75, 3.05) is 4.90 Å². The Balaban J connectivity index is 1.95. The molecule has 2 heterocycles. The Bertz CT molecular complexity index is 956. The molecular weight excluding hydrogens is 325 g/mol. The average molecular weight is 337 g/mol. The van der Waals surface area contributed by atoms with Crippen LogP contribution in [0.2, 0.25) is 0 Å². The van der Waals surface area contributed by atoms with E-state index in [1.54, 1.807) is 42.5 Å².